The van der Waals surface area contributed by atoms with Gasteiger partial charge in [-0.3, -0.25) is 0 Å². The summed E-state index contributed by atoms with van der Waals surface area (Å²) in [6.45, 7) is 0. The normalized spacial score (nSPS) is 17.7. The van der Waals surface area contributed by atoms with Gasteiger partial charge in [-0.25, -0.2) is 5.01 Å². The van der Waals surface area contributed by atoms with Crippen LogP contribution in [0.3, 0.4) is 0 Å². The topological polar surface area (TPSA) is 66.3 Å². The smallest absolute Gasteiger partial charge is 0.195 e. The first-order valence-electron chi connectivity index (χ1n) is 2.89. The molecule has 2 N–H and O–H groups in total. The van der Waals surface area contributed by atoms with Crippen LogP contribution in [-0.4, -0.2) is 23.0 Å². The van der Waals surface area contributed by atoms with Crippen molar-refractivity contribution in [2.45, 2.75) is 0 Å². The van der Waals surface area contributed by atoms with Gasteiger partial charge < -0.3 is 5.73 Å². The van der Waals surface area contributed by atoms with Crippen molar-refractivity contribution in [3.8, 4) is 0 Å². The minimum Gasteiger partial charge on any atom is -0.375 e. The summed E-state index contributed by atoms with van der Waals surface area (Å²) in [7, 11) is 1.65. The van der Waals surface area contributed by atoms with Crippen molar-refractivity contribution in [3.05, 3.63) is 12.3 Å². The Kier molecular flexibility index (Phi) is 2.27. The lowest BCUT2D eigenvalue weighted by atomic mass is 10.6. The fourth-order valence-electron chi connectivity index (χ4n) is 0.482. The molecule has 58 valence electrons. The van der Waals surface area contributed by atoms with Crippen LogP contribution in [0.5, 0.6) is 0 Å². The zero-order valence-electron chi connectivity index (χ0n) is 5.93. The summed E-state index contributed by atoms with van der Waals surface area (Å²) in [6.07, 6.45) is 3.21. The van der Waals surface area contributed by atoms with Crippen molar-refractivity contribution in [3.63, 3.8) is 0 Å². The van der Waals surface area contributed by atoms with E-state index in [-0.39, 0.29) is 5.11 Å². The number of hydrogen-bond donors (Lipinski definition) is 1. The fourth-order valence-corrected chi connectivity index (χ4v) is 0.523. The highest BCUT2D eigenvalue weighted by Crippen LogP contribution is 1.97. The molecule has 11 heavy (non-hydrogen) atoms. The first kappa shape index (κ1) is 7.80. The number of azo groups is 1. The predicted molar refractivity (Wildman–Crippen MR) is 46.0 cm³/mol. The Morgan fingerprint density at radius 2 is 2.55 bits per heavy atom. The van der Waals surface area contributed by atoms with Crippen LogP contribution in [0.15, 0.2) is 27.6 Å². The van der Waals surface area contributed by atoms with E-state index in [2.05, 4.69) is 27.5 Å². The lowest BCUT2D eigenvalue weighted by molar-refractivity contribution is 0.548. The SMILES string of the molecule is CN(N=C1C=CN=N1)C(N)=S. The highest BCUT2D eigenvalue weighted by atomic mass is 32.1. The van der Waals surface area contributed by atoms with Crippen molar-refractivity contribution < 1.29 is 0 Å². The van der Waals surface area contributed by atoms with Gasteiger partial charge in [0.15, 0.2) is 10.9 Å². The number of hydrogen-bond acceptors (Lipinski definition) is 3. The third kappa shape index (κ3) is 2.08. The summed E-state index contributed by atoms with van der Waals surface area (Å²) in [5, 5.41) is 12.7. The molecule has 1 heterocycles. The van der Waals surface area contributed by atoms with Crippen LogP contribution in [-0.2, 0) is 0 Å². The van der Waals surface area contributed by atoms with Gasteiger partial charge in [0.2, 0.25) is 0 Å². The maximum Gasteiger partial charge on any atom is 0.195 e. The summed E-state index contributed by atoms with van der Waals surface area (Å²) in [6, 6.07) is 0. The van der Waals surface area contributed by atoms with Gasteiger partial charge in [0.05, 0.1) is 6.20 Å². The summed E-state index contributed by atoms with van der Waals surface area (Å²) in [4.78, 5) is 0. The van der Waals surface area contributed by atoms with Gasteiger partial charge in [-0.1, -0.05) is 0 Å². The Bertz CT molecular complexity index is 240. The molecular formula is C5H7N5S. The zero-order chi connectivity index (χ0) is 8.27. The van der Waals surface area contributed by atoms with E-state index in [1.54, 1.807) is 19.3 Å². The van der Waals surface area contributed by atoms with Gasteiger partial charge in [-0.15, -0.1) is 10.2 Å². The molecule has 0 radical (unpaired) electrons. The molecule has 5 nitrogen and oxygen atoms in total. The molecule has 0 amide bonds. The molecule has 6 heteroatoms. The molecule has 0 aromatic rings. The van der Waals surface area contributed by atoms with E-state index < -0.39 is 0 Å². The van der Waals surface area contributed by atoms with Gasteiger partial charge in [0.1, 0.15) is 0 Å². The van der Waals surface area contributed by atoms with Crippen molar-refractivity contribution in [1.29, 1.82) is 0 Å². The molecule has 1 rings (SSSR count). The highest BCUT2D eigenvalue weighted by Gasteiger charge is 2.00. The quantitative estimate of drug-likeness (QED) is 0.458. The molecule has 0 unspecified atom stereocenters. The summed E-state index contributed by atoms with van der Waals surface area (Å²) < 4.78 is 0. The Hall–Kier alpha value is -1.30. The first-order chi connectivity index (χ1) is 5.20. The molecule has 0 bridgehead atoms. The summed E-state index contributed by atoms with van der Waals surface area (Å²) >= 11 is 4.65. The highest BCUT2D eigenvalue weighted by molar-refractivity contribution is 7.80. The molecule has 0 spiro atoms. The van der Waals surface area contributed by atoms with Gasteiger partial charge in [-0.2, -0.15) is 5.11 Å². The summed E-state index contributed by atoms with van der Waals surface area (Å²) in [5.41, 5.74) is 5.27. The summed E-state index contributed by atoms with van der Waals surface area (Å²) in [5.74, 6) is 0.500. The number of hydrazone groups is 1. The van der Waals surface area contributed by atoms with E-state index >= 15 is 0 Å². The van der Waals surface area contributed by atoms with E-state index in [0.717, 1.165) is 0 Å². The second-order valence-corrected chi connectivity index (χ2v) is 2.27. The average Bonchev–Trinajstić information content (AvgIpc) is 2.39. The first-order valence-corrected chi connectivity index (χ1v) is 3.30. The van der Waals surface area contributed by atoms with E-state index in [0.29, 0.717) is 5.84 Å². The number of thiocarbonyl (C=S) groups is 1. The van der Waals surface area contributed by atoms with Gasteiger partial charge in [0, 0.05) is 13.1 Å². The lowest BCUT2D eigenvalue weighted by Gasteiger charge is -2.08. The van der Waals surface area contributed by atoms with E-state index in [1.165, 1.54) is 5.01 Å². The number of amidine groups is 1. The van der Waals surface area contributed by atoms with Crippen LogP contribution in [0.1, 0.15) is 0 Å². The van der Waals surface area contributed by atoms with Crippen LogP contribution in [0.25, 0.3) is 0 Å². The minimum atomic E-state index is 0.202. The van der Waals surface area contributed by atoms with Gasteiger partial charge >= 0.3 is 0 Å². The number of nitrogens with zero attached hydrogens (tertiary/aromatic N) is 4. The van der Waals surface area contributed by atoms with Crippen LogP contribution in [0.4, 0.5) is 0 Å². The van der Waals surface area contributed by atoms with Crippen molar-refractivity contribution >= 4 is 23.2 Å². The van der Waals surface area contributed by atoms with Crippen molar-refractivity contribution in [2.75, 3.05) is 7.05 Å². The Morgan fingerprint density at radius 3 is 3.00 bits per heavy atom. The molecular weight excluding hydrogens is 162 g/mol. The average molecular weight is 169 g/mol. The number of rotatable bonds is 1. The molecule has 0 aliphatic carbocycles. The standard InChI is InChI=1S/C5H7N5S/c1-10(5(6)11)9-4-2-3-7-8-4/h2-3H,1H3,(H2,6,11). The van der Waals surface area contributed by atoms with Crippen molar-refractivity contribution in [1.82, 2.24) is 5.01 Å². The van der Waals surface area contributed by atoms with Crippen LogP contribution in [0.2, 0.25) is 0 Å². The number of nitrogens with two attached hydrogens (primary N) is 1. The van der Waals surface area contributed by atoms with Gasteiger partial charge in [0.25, 0.3) is 0 Å². The third-order valence-electron chi connectivity index (χ3n) is 1.02. The lowest BCUT2D eigenvalue weighted by Crippen LogP contribution is -2.27. The second kappa shape index (κ2) is 3.20. The second-order valence-electron chi connectivity index (χ2n) is 1.85. The predicted octanol–water partition coefficient (Wildman–Crippen LogP) is 0.455. The maximum atomic E-state index is 5.27. The molecule has 0 atom stereocenters. The van der Waals surface area contributed by atoms with Crippen molar-refractivity contribution in [2.24, 2.45) is 21.1 Å². The zero-order valence-corrected chi connectivity index (χ0v) is 6.75. The van der Waals surface area contributed by atoms with E-state index in [9.17, 15) is 0 Å². The Labute approximate surface area is 69.3 Å². The van der Waals surface area contributed by atoms with Gasteiger partial charge in [-0.05, 0) is 12.2 Å². The minimum absolute atomic E-state index is 0.202. The van der Waals surface area contributed by atoms with E-state index in [1.807, 2.05) is 0 Å². The molecule has 0 fully saturated rings. The largest absolute Gasteiger partial charge is 0.375 e. The Morgan fingerprint density at radius 1 is 1.82 bits per heavy atom. The molecule has 0 aromatic carbocycles. The monoisotopic (exact) mass is 169 g/mol. The molecule has 0 saturated heterocycles. The molecule has 0 aromatic heterocycles. The van der Waals surface area contributed by atoms with Crippen LogP contribution >= 0.6 is 12.2 Å². The molecule has 0 saturated carbocycles. The Balaban J connectivity index is 2.65. The van der Waals surface area contributed by atoms with E-state index in [4.69, 9.17) is 5.73 Å². The third-order valence-corrected chi connectivity index (χ3v) is 1.29. The fraction of sp³-hybridized carbons (Fsp3) is 0.200. The maximum absolute atomic E-state index is 5.27. The van der Waals surface area contributed by atoms with Crippen LogP contribution < -0.4 is 5.73 Å². The molecule has 1 aliphatic rings. The molecule has 1 aliphatic heterocycles. The van der Waals surface area contributed by atoms with Crippen LogP contribution in [0, 0.1) is 0 Å².